The number of rotatable bonds is 4. The van der Waals surface area contributed by atoms with Crippen molar-refractivity contribution in [3.8, 4) is 17.6 Å². The molecule has 1 aromatic heterocycles. The average Bonchev–Trinajstić information content (AvgIpc) is 2.40. The molecule has 0 radical (unpaired) electrons. The Balaban J connectivity index is 2.39. The predicted molar refractivity (Wildman–Crippen MR) is 74.2 cm³/mol. The number of nitrogens with zero attached hydrogens (tertiary/aromatic N) is 3. The van der Waals surface area contributed by atoms with Crippen LogP contribution in [0.5, 0.6) is 17.6 Å². The summed E-state index contributed by atoms with van der Waals surface area (Å²) < 4.78 is 11.0. The highest BCUT2D eigenvalue weighted by molar-refractivity contribution is 9.10. The third kappa shape index (κ3) is 3.02. The number of methoxy groups -OCH3 is 1. The lowest BCUT2D eigenvalue weighted by molar-refractivity contribution is -0.385. The van der Waals surface area contributed by atoms with Gasteiger partial charge in [-0.15, -0.1) is 0 Å². The summed E-state index contributed by atoms with van der Waals surface area (Å²) in [4.78, 5) is 18.4. The van der Waals surface area contributed by atoms with Crippen LogP contribution in [-0.2, 0) is 0 Å². The molecule has 20 heavy (non-hydrogen) atoms. The van der Waals surface area contributed by atoms with Crippen LogP contribution in [0.1, 0.15) is 5.56 Å². The van der Waals surface area contributed by atoms with Crippen LogP contribution in [0.2, 0.25) is 0 Å². The van der Waals surface area contributed by atoms with Gasteiger partial charge < -0.3 is 9.47 Å². The fourth-order valence-corrected chi connectivity index (χ4v) is 1.83. The number of ether oxygens (including phenoxy) is 2. The van der Waals surface area contributed by atoms with Gasteiger partial charge in [0.25, 0.3) is 0 Å². The molecule has 0 bridgehead atoms. The molecule has 0 aliphatic rings. The molecule has 2 aromatic rings. The number of nitro groups is 1. The summed E-state index contributed by atoms with van der Waals surface area (Å²) in [5, 5.41) is 11.0. The summed E-state index contributed by atoms with van der Waals surface area (Å²) in [5.41, 5.74) is 0.677. The van der Waals surface area contributed by atoms with E-state index < -0.39 is 4.92 Å². The minimum Gasteiger partial charge on any atom is -0.480 e. The van der Waals surface area contributed by atoms with Gasteiger partial charge in [0.1, 0.15) is 0 Å². The Kier molecular flexibility index (Phi) is 4.14. The molecule has 0 atom stereocenters. The summed E-state index contributed by atoms with van der Waals surface area (Å²) >= 11 is 3.21. The first-order chi connectivity index (χ1) is 9.51. The largest absolute Gasteiger partial charge is 0.480 e. The van der Waals surface area contributed by atoms with Crippen LogP contribution in [0.4, 0.5) is 5.69 Å². The predicted octanol–water partition coefficient (Wildman–Crippen LogP) is 3.26. The highest BCUT2D eigenvalue weighted by Crippen LogP contribution is 2.32. The Morgan fingerprint density at radius 3 is 2.80 bits per heavy atom. The fourth-order valence-electron chi connectivity index (χ4n) is 1.48. The van der Waals surface area contributed by atoms with E-state index in [1.54, 1.807) is 19.1 Å². The highest BCUT2D eigenvalue weighted by atomic mass is 79.9. The molecule has 0 fully saturated rings. The maximum absolute atomic E-state index is 11.0. The first kappa shape index (κ1) is 14.2. The Morgan fingerprint density at radius 2 is 2.15 bits per heavy atom. The van der Waals surface area contributed by atoms with Crippen molar-refractivity contribution >= 4 is 21.6 Å². The van der Waals surface area contributed by atoms with Gasteiger partial charge in [-0.25, -0.2) is 4.98 Å². The normalized spacial score (nSPS) is 10.2. The molecule has 0 spiro atoms. The van der Waals surface area contributed by atoms with Gasteiger partial charge in [0.2, 0.25) is 11.6 Å². The number of hydrogen-bond acceptors (Lipinski definition) is 6. The van der Waals surface area contributed by atoms with Gasteiger partial charge in [-0.3, -0.25) is 10.1 Å². The van der Waals surface area contributed by atoms with Crippen LogP contribution >= 0.6 is 15.9 Å². The maximum atomic E-state index is 11.0. The van der Waals surface area contributed by atoms with E-state index in [-0.39, 0.29) is 23.3 Å². The number of aryl methyl sites for hydroxylation is 1. The van der Waals surface area contributed by atoms with Crippen molar-refractivity contribution in [1.29, 1.82) is 0 Å². The molecule has 0 aliphatic carbocycles. The molecule has 1 heterocycles. The van der Waals surface area contributed by atoms with Gasteiger partial charge in [0, 0.05) is 6.07 Å². The Bertz CT molecular complexity index is 663. The van der Waals surface area contributed by atoms with Crippen LogP contribution in [0.15, 0.2) is 28.9 Å². The Morgan fingerprint density at radius 1 is 1.40 bits per heavy atom. The maximum Gasteiger partial charge on any atom is 0.325 e. The average molecular weight is 340 g/mol. The second-order valence-corrected chi connectivity index (χ2v) is 4.69. The van der Waals surface area contributed by atoms with Gasteiger partial charge in [-0.05, 0) is 34.5 Å². The van der Waals surface area contributed by atoms with Crippen LogP contribution in [0.3, 0.4) is 0 Å². The SMILES string of the molecule is COc1nc(Oc2cc(C)ccc2[N+](=O)[O-])ncc1Br. The second kappa shape index (κ2) is 5.83. The highest BCUT2D eigenvalue weighted by Gasteiger charge is 2.17. The zero-order chi connectivity index (χ0) is 14.7. The molecule has 0 N–H and O–H groups in total. The number of aromatic nitrogens is 2. The molecular weight excluding hydrogens is 330 g/mol. The molecule has 0 saturated heterocycles. The van der Waals surface area contributed by atoms with E-state index in [0.29, 0.717) is 4.47 Å². The number of hydrogen-bond donors (Lipinski definition) is 0. The van der Waals surface area contributed by atoms with Crippen molar-refractivity contribution in [3.63, 3.8) is 0 Å². The number of halogens is 1. The zero-order valence-corrected chi connectivity index (χ0v) is 12.2. The van der Waals surface area contributed by atoms with E-state index in [1.807, 2.05) is 0 Å². The summed E-state index contributed by atoms with van der Waals surface area (Å²) in [6, 6.07) is 4.53. The number of benzene rings is 1. The standard InChI is InChI=1S/C12H10BrN3O4/c1-7-3-4-9(16(17)18)10(5-7)20-12-14-6-8(13)11(15-12)19-2/h3-6H,1-2H3. The van der Waals surface area contributed by atoms with E-state index in [9.17, 15) is 10.1 Å². The quantitative estimate of drug-likeness (QED) is 0.627. The molecule has 0 unspecified atom stereocenters. The van der Waals surface area contributed by atoms with Gasteiger partial charge >= 0.3 is 11.7 Å². The molecular formula is C12H10BrN3O4. The van der Waals surface area contributed by atoms with Crippen LogP contribution in [0.25, 0.3) is 0 Å². The molecule has 104 valence electrons. The van der Waals surface area contributed by atoms with Crippen molar-refractivity contribution < 1.29 is 14.4 Å². The summed E-state index contributed by atoms with van der Waals surface area (Å²) in [6.45, 7) is 1.81. The van der Waals surface area contributed by atoms with Gasteiger partial charge in [-0.1, -0.05) is 6.07 Å². The molecule has 7 nitrogen and oxygen atoms in total. The summed E-state index contributed by atoms with van der Waals surface area (Å²) in [6.07, 6.45) is 1.45. The molecule has 1 aromatic carbocycles. The van der Waals surface area contributed by atoms with E-state index in [2.05, 4.69) is 25.9 Å². The topological polar surface area (TPSA) is 87.4 Å². The van der Waals surface area contributed by atoms with E-state index in [1.165, 1.54) is 19.4 Å². The molecule has 8 heteroatoms. The molecule has 0 amide bonds. The minimum absolute atomic E-state index is 0.0289. The first-order valence-electron chi connectivity index (χ1n) is 5.50. The second-order valence-electron chi connectivity index (χ2n) is 3.84. The first-order valence-corrected chi connectivity index (χ1v) is 6.30. The van der Waals surface area contributed by atoms with Gasteiger partial charge in [0.15, 0.2) is 0 Å². The smallest absolute Gasteiger partial charge is 0.325 e. The summed E-state index contributed by atoms with van der Waals surface area (Å²) in [5.74, 6) is 0.365. The lowest BCUT2D eigenvalue weighted by Gasteiger charge is -2.07. The van der Waals surface area contributed by atoms with Crippen molar-refractivity contribution in [2.45, 2.75) is 6.92 Å². The van der Waals surface area contributed by atoms with Crippen molar-refractivity contribution in [2.24, 2.45) is 0 Å². The molecule has 0 aliphatic heterocycles. The summed E-state index contributed by atoms with van der Waals surface area (Å²) in [7, 11) is 1.45. The van der Waals surface area contributed by atoms with Crippen LogP contribution < -0.4 is 9.47 Å². The van der Waals surface area contributed by atoms with Crippen molar-refractivity contribution in [2.75, 3.05) is 7.11 Å². The van der Waals surface area contributed by atoms with Crippen LogP contribution in [-0.4, -0.2) is 22.0 Å². The van der Waals surface area contributed by atoms with E-state index in [0.717, 1.165) is 5.56 Å². The van der Waals surface area contributed by atoms with Crippen LogP contribution in [0, 0.1) is 17.0 Å². The molecule has 0 saturated carbocycles. The lowest BCUT2D eigenvalue weighted by Crippen LogP contribution is -1.98. The van der Waals surface area contributed by atoms with E-state index in [4.69, 9.17) is 9.47 Å². The van der Waals surface area contributed by atoms with Gasteiger partial charge in [0.05, 0.1) is 22.7 Å². The van der Waals surface area contributed by atoms with Gasteiger partial charge in [-0.2, -0.15) is 4.98 Å². The zero-order valence-electron chi connectivity index (χ0n) is 10.7. The van der Waals surface area contributed by atoms with Crippen molar-refractivity contribution in [1.82, 2.24) is 9.97 Å². The Hall–Kier alpha value is -2.22. The third-order valence-corrected chi connectivity index (χ3v) is 2.94. The number of nitro benzene ring substituents is 1. The molecule has 2 rings (SSSR count). The lowest BCUT2D eigenvalue weighted by atomic mass is 10.2. The third-order valence-electron chi connectivity index (χ3n) is 2.40. The fraction of sp³-hybridized carbons (Fsp3) is 0.167. The van der Waals surface area contributed by atoms with Crippen molar-refractivity contribution in [3.05, 3.63) is 44.5 Å². The van der Waals surface area contributed by atoms with E-state index >= 15 is 0 Å². The monoisotopic (exact) mass is 339 g/mol. The minimum atomic E-state index is -0.523. The Labute approximate surface area is 122 Å².